The second-order valence-corrected chi connectivity index (χ2v) is 5.53. The number of aliphatic hydroxyl groups is 1. The van der Waals surface area contributed by atoms with Crippen molar-refractivity contribution in [3.63, 3.8) is 0 Å². The second kappa shape index (κ2) is 7.24. The van der Waals surface area contributed by atoms with Crippen molar-refractivity contribution in [2.75, 3.05) is 32.8 Å². The number of benzene rings is 1. The van der Waals surface area contributed by atoms with E-state index in [1.807, 2.05) is 6.07 Å². The van der Waals surface area contributed by atoms with Crippen molar-refractivity contribution in [1.82, 2.24) is 4.90 Å². The van der Waals surface area contributed by atoms with Crippen LogP contribution in [-0.4, -0.2) is 49.0 Å². The predicted molar refractivity (Wildman–Crippen MR) is 75.7 cm³/mol. The van der Waals surface area contributed by atoms with Gasteiger partial charge in [-0.05, 0) is 31.0 Å². The van der Waals surface area contributed by atoms with Crippen molar-refractivity contribution in [2.45, 2.75) is 18.9 Å². The van der Waals surface area contributed by atoms with E-state index in [4.69, 9.17) is 9.84 Å². The minimum Gasteiger partial charge on any atom is -0.394 e. The fourth-order valence-electron chi connectivity index (χ4n) is 2.29. The van der Waals surface area contributed by atoms with E-state index in [-0.39, 0.29) is 12.7 Å². The van der Waals surface area contributed by atoms with E-state index >= 15 is 0 Å². The topological polar surface area (TPSA) is 32.7 Å². The first-order valence-electron chi connectivity index (χ1n) is 6.48. The van der Waals surface area contributed by atoms with Crippen LogP contribution >= 0.6 is 15.9 Å². The Morgan fingerprint density at radius 3 is 3.00 bits per heavy atom. The summed E-state index contributed by atoms with van der Waals surface area (Å²) >= 11 is 3.58. The molecule has 1 aliphatic heterocycles. The van der Waals surface area contributed by atoms with Gasteiger partial charge in [-0.25, -0.2) is 0 Å². The number of morpholine rings is 1. The first kappa shape index (κ1) is 14.0. The SMILES string of the molecule is OC[C@H]1CN(CCCc2ccccc2Br)CCO1. The third-order valence-corrected chi connectivity index (χ3v) is 4.08. The maximum atomic E-state index is 9.09. The third kappa shape index (κ3) is 4.05. The van der Waals surface area contributed by atoms with Gasteiger partial charge in [-0.1, -0.05) is 34.1 Å². The Labute approximate surface area is 117 Å². The van der Waals surface area contributed by atoms with Gasteiger partial charge in [0.1, 0.15) is 0 Å². The van der Waals surface area contributed by atoms with Gasteiger partial charge in [0.05, 0.1) is 19.3 Å². The summed E-state index contributed by atoms with van der Waals surface area (Å²) in [5, 5.41) is 9.09. The molecule has 2 rings (SSSR count). The number of hydrogen-bond acceptors (Lipinski definition) is 3. The summed E-state index contributed by atoms with van der Waals surface area (Å²) in [7, 11) is 0. The van der Waals surface area contributed by atoms with Crippen LogP contribution in [0, 0.1) is 0 Å². The lowest BCUT2D eigenvalue weighted by Crippen LogP contribution is -2.44. The first-order chi connectivity index (χ1) is 8.79. The van der Waals surface area contributed by atoms with Crippen molar-refractivity contribution >= 4 is 15.9 Å². The second-order valence-electron chi connectivity index (χ2n) is 4.67. The highest BCUT2D eigenvalue weighted by atomic mass is 79.9. The van der Waals surface area contributed by atoms with E-state index in [1.165, 1.54) is 10.0 Å². The van der Waals surface area contributed by atoms with Crippen LogP contribution in [0.25, 0.3) is 0 Å². The van der Waals surface area contributed by atoms with Crippen LogP contribution in [0.4, 0.5) is 0 Å². The predicted octanol–water partition coefficient (Wildman–Crippen LogP) is 2.07. The van der Waals surface area contributed by atoms with Crippen LogP contribution in [0.5, 0.6) is 0 Å². The zero-order chi connectivity index (χ0) is 12.8. The summed E-state index contributed by atoms with van der Waals surface area (Å²) in [6.07, 6.45) is 2.23. The minimum atomic E-state index is 0.00205. The summed E-state index contributed by atoms with van der Waals surface area (Å²) in [5.41, 5.74) is 1.37. The van der Waals surface area contributed by atoms with Crippen LogP contribution < -0.4 is 0 Å². The molecule has 1 N–H and O–H groups in total. The van der Waals surface area contributed by atoms with Crippen molar-refractivity contribution in [3.05, 3.63) is 34.3 Å². The van der Waals surface area contributed by atoms with Gasteiger partial charge in [0, 0.05) is 17.6 Å². The van der Waals surface area contributed by atoms with Gasteiger partial charge in [-0.3, -0.25) is 4.90 Å². The van der Waals surface area contributed by atoms with E-state index in [0.717, 1.165) is 39.1 Å². The van der Waals surface area contributed by atoms with E-state index in [2.05, 4.69) is 39.0 Å². The van der Waals surface area contributed by atoms with E-state index in [1.54, 1.807) is 0 Å². The molecule has 1 heterocycles. The van der Waals surface area contributed by atoms with Gasteiger partial charge >= 0.3 is 0 Å². The summed E-state index contributed by atoms with van der Waals surface area (Å²) in [6.45, 7) is 3.76. The molecule has 0 saturated carbocycles. The van der Waals surface area contributed by atoms with Crippen LogP contribution in [0.1, 0.15) is 12.0 Å². The average Bonchev–Trinajstić information content (AvgIpc) is 2.41. The molecule has 0 unspecified atom stereocenters. The van der Waals surface area contributed by atoms with Crippen molar-refractivity contribution < 1.29 is 9.84 Å². The fraction of sp³-hybridized carbons (Fsp3) is 0.571. The van der Waals surface area contributed by atoms with Crippen LogP contribution in [0.3, 0.4) is 0 Å². The molecule has 3 nitrogen and oxygen atoms in total. The van der Waals surface area contributed by atoms with Gasteiger partial charge in [0.2, 0.25) is 0 Å². The molecular weight excluding hydrogens is 294 g/mol. The first-order valence-corrected chi connectivity index (χ1v) is 7.27. The summed E-state index contributed by atoms with van der Waals surface area (Å²) in [4.78, 5) is 2.38. The van der Waals surface area contributed by atoms with Crippen LogP contribution in [-0.2, 0) is 11.2 Å². The molecule has 1 fully saturated rings. The Balaban J connectivity index is 1.73. The molecule has 18 heavy (non-hydrogen) atoms. The van der Waals surface area contributed by atoms with Crippen molar-refractivity contribution in [3.8, 4) is 0 Å². The molecule has 0 amide bonds. The number of nitrogens with zero attached hydrogens (tertiary/aromatic N) is 1. The Morgan fingerprint density at radius 2 is 2.22 bits per heavy atom. The quantitative estimate of drug-likeness (QED) is 0.903. The van der Waals surface area contributed by atoms with Crippen molar-refractivity contribution in [2.24, 2.45) is 0 Å². The standard InChI is InChI=1S/C14H20BrNO2/c15-14-6-2-1-4-12(14)5-3-7-16-8-9-18-13(10-16)11-17/h1-2,4,6,13,17H,3,5,7-11H2/t13-/m1/s1. The zero-order valence-corrected chi connectivity index (χ0v) is 12.1. The van der Waals surface area contributed by atoms with Gasteiger partial charge in [0.25, 0.3) is 0 Å². The van der Waals surface area contributed by atoms with Crippen LogP contribution in [0.15, 0.2) is 28.7 Å². The molecule has 1 saturated heterocycles. The number of rotatable bonds is 5. The molecule has 1 atom stereocenters. The van der Waals surface area contributed by atoms with Gasteiger partial charge in [0.15, 0.2) is 0 Å². The Bertz CT molecular complexity index is 373. The molecule has 1 aromatic carbocycles. The molecule has 4 heteroatoms. The molecule has 0 bridgehead atoms. The maximum absolute atomic E-state index is 9.09. The largest absolute Gasteiger partial charge is 0.394 e. The highest BCUT2D eigenvalue weighted by Crippen LogP contribution is 2.17. The molecular formula is C14H20BrNO2. The number of aliphatic hydroxyl groups excluding tert-OH is 1. The minimum absolute atomic E-state index is 0.00205. The fourth-order valence-corrected chi connectivity index (χ4v) is 2.77. The third-order valence-electron chi connectivity index (χ3n) is 3.30. The van der Waals surface area contributed by atoms with Gasteiger partial charge < -0.3 is 9.84 Å². The van der Waals surface area contributed by atoms with Crippen molar-refractivity contribution in [1.29, 1.82) is 0 Å². The summed E-state index contributed by atoms with van der Waals surface area (Å²) < 4.78 is 6.64. The van der Waals surface area contributed by atoms with Gasteiger partial charge in [-0.2, -0.15) is 0 Å². The number of aryl methyl sites for hydroxylation is 1. The Kier molecular flexibility index (Phi) is 5.63. The lowest BCUT2D eigenvalue weighted by Gasteiger charge is -2.31. The molecule has 1 aliphatic rings. The molecule has 0 radical (unpaired) electrons. The molecule has 100 valence electrons. The Hall–Kier alpha value is -0.420. The average molecular weight is 314 g/mol. The summed E-state index contributed by atoms with van der Waals surface area (Å²) in [6, 6.07) is 8.38. The monoisotopic (exact) mass is 313 g/mol. The lowest BCUT2D eigenvalue weighted by atomic mass is 10.1. The molecule has 0 aromatic heterocycles. The normalized spacial score (nSPS) is 21.1. The number of ether oxygens (including phenoxy) is 1. The summed E-state index contributed by atoms with van der Waals surface area (Å²) in [5.74, 6) is 0. The van der Waals surface area contributed by atoms with E-state index in [9.17, 15) is 0 Å². The maximum Gasteiger partial charge on any atom is 0.0932 e. The molecule has 0 spiro atoms. The Morgan fingerprint density at radius 1 is 1.39 bits per heavy atom. The highest BCUT2D eigenvalue weighted by molar-refractivity contribution is 9.10. The lowest BCUT2D eigenvalue weighted by molar-refractivity contribution is -0.0527. The van der Waals surface area contributed by atoms with Crippen LogP contribution in [0.2, 0.25) is 0 Å². The van der Waals surface area contributed by atoms with Gasteiger partial charge in [-0.15, -0.1) is 0 Å². The highest BCUT2D eigenvalue weighted by Gasteiger charge is 2.18. The number of hydrogen-bond donors (Lipinski definition) is 1. The molecule has 1 aromatic rings. The zero-order valence-electron chi connectivity index (χ0n) is 10.5. The van der Waals surface area contributed by atoms with E-state index < -0.39 is 0 Å². The molecule has 0 aliphatic carbocycles. The van der Waals surface area contributed by atoms with E-state index in [0.29, 0.717) is 0 Å². The number of halogens is 1. The smallest absolute Gasteiger partial charge is 0.0932 e.